The number of fused-ring (bicyclic) bond motifs is 1. The van der Waals surface area contributed by atoms with Crippen LogP contribution in [-0.2, 0) is 6.54 Å². The Balaban J connectivity index is 2.87. The van der Waals surface area contributed by atoms with Crippen molar-refractivity contribution in [2.75, 3.05) is 24.2 Å². The van der Waals surface area contributed by atoms with Crippen LogP contribution in [0.5, 0.6) is 0 Å². The third kappa shape index (κ3) is 2.48. The number of nitrogens with zero attached hydrogens (tertiary/aromatic N) is 1. The normalized spacial score (nSPS) is 10.9. The number of anilines is 2. The van der Waals surface area contributed by atoms with Crippen LogP contribution in [0.15, 0.2) is 17.1 Å². The second-order valence-electron chi connectivity index (χ2n) is 4.66. The number of hydrogen-bond donors (Lipinski definition) is 4. The smallest absolute Gasteiger partial charge is 0.341 e. The fraction of sp³-hybridized carbons (Fsp3) is 0.286. The summed E-state index contributed by atoms with van der Waals surface area (Å²) in [7, 11) is 0. The van der Waals surface area contributed by atoms with E-state index in [1.807, 2.05) is 0 Å². The molecule has 118 valence electrons. The van der Waals surface area contributed by atoms with Gasteiger partial charge in [-0.3, -0.25) is 4.79 Å². The van der Waals surface area contributed by atoms with Gasteiger partial charge in [-0.05, 0) is 13.0 Å². The molecule has 5 N–H and O–H groups in total. The van der Waals surface area contributed by atoms with E-state index in [9.17, 15) is 14.0 Å². The number of nitrogen functional groups attached to an aromatic ring is 1. The van der Waals surface area contributed by atoms with Crippen LogP contribution >= 0.6 is 0 Å². The van der Waals surface area contributed by atoms with E-state index in [1.54, 1.807) is 6.92 Å². The number of rotatable bonds is 5. The monoisotopic (exact) mass is 309 g/mol. The number of aliphatic hydroxyl groups excluding tert-OH is 1. The van der Waals surface area contributed by atoms with E-state index in [0.717, 1.165) is 0 Å². The van der Waals surface area contributed by atoms with Gasteiger partial charge < -0.3 is 25.8 Å². The van der Waals surface area contributed by atoms with Crippen LogP contribution in [0.1, 0.15) is 17.3 Å². The average molecular weight is 309 g/mol. The van der Waals surface area contributed by atoms with Crippen LogP contribution in [0, 0.1) is 5.82 Å². The van der Waals surface area contributed by atoms with Gasteiger partial charge in [-0.1, -0.05) is 0 Å². The molecule has 8 heteroatoms. The molecule has 1 heterocycles. The predicted molar refractivity (Wildman–Crippen MR) is 80.8 cm³/mol. The Kier molecular flexibility index (Phi) is 4.32. The molecule has 0 atom stereocenters. The number of nitrogens with one attached hydrogen (secondary N) is 1. The molecule has 0 saturated heterocycles. The van der Waals surface area contributed by atoms with Crippen LogP contribution in [-0.4, -0.2) is 33.9 Å². The molecule has 0 radical (unpaired) electrons. The van der Waals surface area contributed by atoms with E-state index in [-0.39, 0.29) is 24.2 Å². The fourth-order valence-corrected chi connectivity index (χ4v) is 2.28. The summed E-state index contributed by atoms with van der Waals surface area (Å²) in [5.74, 6) is -2.24. The van der Waals surface area contributed by atoms with Crippen LogP contribution in [0.4, 0.5) is 15.8 Å². The van der Waals surface area contributed by atoms with Crippen molar-refractivity contribution in [3.63, 3.8) is 0 Å². The van der Waals surface area contributed by atoms with Gasteiger partial charge in [0.05, 0.1) is 28.9 Å². The second kappa shape index (κ2) is 6.02. The quantitative estimate of drug-likeness (QED) is 0.608. The minimum atomic E-state index is -1.39. The summed E-state index contributed by atoms with van der Waals surface area (Å²) in [5, 5.41) is 20.4. The Morgan fingerprint density at radius 3 is 2.73 bits per heavy atom. The highest BCUT2D eigenvalue weighted by atomic mass is 19.1. The zero-order valence-corrected chi connectivity index (χ0v) is 11.9. The lowest BCUT2D eigenvalue weighted by molar-refractivity contribution is 0.0695. The maximum absolute atomic E-state index is 14.2. The number of benzene rings is 1. The summed E-state index contributed by atoms with van der Waals surface area (Å²) >= 11 is 0. The van der Waals surface area contributed by atoms with Gasteiger partial charge in [0.2, 0.25) is 5.43 Å². The van der Waals surface area contributed by atoms with Gasteiger partial charge in [-0.25, -0.2) is 9.18 Å². The first kappa shape index (κ1) is 15.8. The number of hydrogen-bond acceptors (Lipinski definition) is 5. The minimum Gasteiger partial charge on any atom is -0.477 e. The molecule has 0 aliphatic heterocycles. The highest BCUT2D eigenvalue weighted by Gasteiger charge is 2.20. The van der Waals surface area contributed by atoms with Crippen molar-refractivity contribution in [2.24, 2.45) is 0 Å². The second-order valence-corrected chi connectivity index (χ2v) is 4.66. The first-order valence-corrected chi connectivity index (χ1v) is 6.65. The minimum absolute atomic E-state index is 0.0451. The molecule has 0 unspecified atom stereocenters. The number of carbonyl (C=O) groups is 1. The largest absolute Gasteiger partial charge is 0.477 e. The number of halogens is 1. The molecule has 7 nitrogen and oxygen atoms in total. The van der Waals surface area contributed by atoms with Gasteiger partial charge in [-0.2, -0.15) is 0 Å². The van der Waals surface area contributed by atoms with Crippen molar-refractivity contribution in [1.82, 2.24) is 4.57 Å². The molecule has 22 heavy (non-hydrogen) atoms. The summed E-state index contributed by atoms with van der Waals surface area (Å²) in [4.78, 5) is 23.4. The third-order valence-corrected chi connectivity index (χ3v) is 3.34. The maximum Gasteiger partial charge on any atom is 0.341 e. The SMILES string of the molecule is CCn1cc(C(=O)O)c(=O)c2c(N)c(F)c(NCCO)cc21. The lowest BCUT2D eigenvalue weighted by atomic mass is 10.1. The molecule has 0 amide bonds. The fourth-order valence-electron chi connectivity index (χ4n) is 2.28. The summed E-state index contributed by atoms with van der Waals surface area (Å²) < 4.78 is 15.8. The lowest BCUT2D eigenvalue weighted by Crippen LogP contribution is -2.21. The number of nitrogens with two attached hydrogens (primary N) is 1. The molecule has 1 aromatic heterocycles. The van der Waals surface area contributed by atoms with E-state index in [2.05, 4.69) is 5.32 Å². The number of aryl methyl sites for hydroxylation is 1. The molecular formula is C14H16FN3O4. The van der Waals surface area contributed by atoms with Crippen LogP contribution in [0.2, 0.25) is 0 Å². The predicted octanol–water partition coefficient (Wildman–Crippen LogP) is 0.845. The van der Waals surface area contributed by atoms with Crippen LogP contribution < -0.4 is 16.5 Å². The zero-order valence-electron chi connectivity index (χ0n) is 11.9. The molecule has 2 rings (SSSR count). The van der Waals surface area contributed by atoms with Crippen molar-refractivity contribution in [2.45, 2.75) is 13.5 Å². The van der Waals surface area contributed by atoms with Crippen molar-refractivity contribution < 1.29 is 19.4 Å². The molecule has 1 aromatic carbocycles. The van der Waals surface area contributed by atoms with Crippen molar-refractivity contribution in [3.05, 3.63) is 33.9 Å². The highest BCUT2D eigenvalue weighted by Crippen LogP contribution is 2.28. The highest BCUT2D eigenvalue weighted by molar-refractivity contribution is 5.99. The van der Waals surface area contributed by atoms with Gasteiger partial charge in [-0.15, -0.1) is 0 Å². The molecule has 0 aliphatic rings. The standard InChI is InChI=1S/C14H16FN3O4/c1-2-18-6-7(14(21)22)13(20)10-9(18)5-8(17-3-4-19)11(15)12(10)16/h5-6,17,19H,2-4,16H2,1H3,(H,21,22). The van der Waals surface area contributed by atoms with E-state index in [0.29, 0.717) is 12.1 Å². The number of pyridine rings is 1. The molecule has 0 aliphatic carbocycles. The Morgan fingerprint density at radius 1 is 1.50 bits per heavy atom. The molecular weight excluding hydrogens is 293 g/mol. The number of carboxylic acids is 1. The molecule has 0 saturated carbocycles. The molecule has 2 aromatic rings. The Morgan fingerprint density at radius 2 is 2.18 bits per heavy atom. The van der Waals surface area contributed by atoms with Crippen molar-refractivity contribution >= 4 is 28.2 Å². The Labute approximate surface area is 124 Å². The maximum atomic E-state index is 14.2. The van der Waals surface area contributed by atoms with E-state index >= 15 is 0 Å². The number of aliphatic hydroxyl groups is 1. The Bertz CT molecular complexity index is 801. The zero-order chi connectivity index (χ0) is 16.4. The van der Waals surface area contributed by atoms with Gasteiger partial charge in [0.25, 0.3) is 0 Å². The molecule has 0 bridgehead atoms. The van der Waals surface area contributed by atoms with Gasteiger partial charge in [0.1, 0.15) is 5.56 Å². The third-order valence-electron chi connectivity index (χ3n) is 3.34. The first-order valence-electron chi connectivity index (χ1n) is 6.65. The molecule has 0 spiro atoms. The number of aromatic nitrogens is 1. The van der Waals surface area contributed by atoms with Crippen molar-refractivity contribution in [1.29, 1.82) is 0 Å². The summed E-state index contributed by atoms with van der Waals surface area (Å²) in [6.07, 6.45) is 1.21. The van der Waals surface area contributed by atoms with Gasteiger partial charge in [0.15, 0.2) is 5.82 Å². The topological polar surface area (TPSA) is 118 Å². The van der Waals surface area contributed by atoms with Gasteiger partial charge >= 0.3 is 5.97 Å². The van der Waals surface area contributed by atoms with Gasteiger partial charge in [0, 0.05) is 19.3 Å². The Hall–Kier alpha value is -2.61. The van der Waals surface area contributed by atoms with Crippen LogP contribution in [0.3, 0.4) is 0 Å². The average Bonchev–Trinajstić information content (AvgIpc) is 2.49. The van der Waals surface area contributed by atoms with E-state index < -0.39 is 28.5 Å². The lowest BCUT2D eigenvalue weighted by Gasteiger charge is -2.15. The van der Waals surface area contributed by atoms with Crippen molar-refractivity contribution in [3.8, 4) is 0 Å². The number of carboxylic acid groups (broad SMARTS) is 1. The first-order chi connectivity index (χ1) is 10.4. The number of aromatic carboxylic acids is 1. The summed E-state index contributed by atoms with van der Waals surface area (Å²) in [6, 6.07) is 1.38. The van der Waals surface area contributed by atoms with E-state index in [4.69, 9.17) is 15.9 Å². The summed E-state index contributed by atoms with van der Waals surface area (Å²) in [5.41, 5.74) is 4.38. The van der Waals surface area contributed by atoms with E-state index in [1.165, 1.54) is 16.8 Å². The molecule has 0 fully saturated rings. The summed E-state index contributed by atoms with van der Waals surface area (Å²) in [6.45, 7) is 2.05. The van der Waals surface area contributed by atoms with Crippen LogP contribution in [0.25, 0.3) is 10.9 Å².